The molecule has 0 atom stereocenters. The van der Waals surface area contributed by atoms with Crippen LogP contribution in [0.3, 0.4) is 0 Å². The smallest absolute Gasteiger partial charge is 0.274 e. The summed E-state index contributed by atoms with van der Waals surface area (Å²) in [7, 11) is 0. The van der Waals surface area contributed by atoms with Gasteiger partial charge in [0.05, 0.1) is 11.3 Å². The Morgan fingerprint density at radius 3 is 2.83 bits per heavy atom. The first-order valence-corrected chi connectivity index (χ1v) is 10.9. The summed E-state index contributed by atoms with van der Waals surface area (Å²) in [5.74, 6) is -0.382. The van der Waals surface area contributed by atoms with E-state index in [1.54, 1.807) is 25.1 Å². The summed E-state index contributed by atoms with van der Waals surface area (Å²) in [6.45, 7) is 4.21. The SMILES string of the molecule is CCNC(=O)c1c(NC(=O)c2cc(-c3cccc(C)c3O)n[nH]2)sc2c1CCCC2. The molecule has 7 nitrogen and oxygen atoms in total. The fourth-order valence-corrected chi connectivity index (χ4v) is 5.04. The lowest BCUT2D eigenvalue weighted by atomic mass is 9.95. The van der Waals surface area contributed by atoms with Crippen molar-refractivity contribution in [2.75, 3.05) is 11.9 Å². The minimum Gasteiger partial charge on any atom is -0.507 e. The van der Waals surface area contributed by atoms with Gasteiger partial charge in [-0.05, 0) is 62.8 Å². The Hall–Kier alpha value is -3.13. The molecule has 2 amide bonds. The van der Waals surface area contributed by atoms with E-state index in [1.807, 2.05) is 13.0 Å². The number of rotatable bonds is 5. The van der Waals surface area contributed by atoms with Crippen LogP contribution in [0.4, 0.5) is 5.00 Å². The Kier molecular flexibility index (Phi) is 5.59. The Labute approximate surface area is 178 Å². The molecule has 0 fully saturated rings. The second kappa shape index (κ2) is 8.31. The van der Waals surface area contributed by atoms with Gasteiger partial charge in [0.15, 0.2) is 0 Å². The van der Waals surface area contributed by atoms with Gasteiger partial charge in [-0.3, -0.25) is 14.7 Å². The van der Waals surface area contributed by atoms with Crippen molar-refractivity contribution in [2.24, 2.45) is 0 Å². The third kappa shape index (κ3) is 3.70. The minimum absolute atomic E-state index is 0.139. The summed E-state index contributed by atoms with van der Waals surface area (Å²) >= 11 is 1.48. The van der Waals surface area contributed by atoms with Crippen molar-refractivity contribution in [1.82, 2.24) is 15.5 Å². The zero-order valence-corrected chi connectivity index (χ0v) is 17.8. The Bertz CT molecular complexity index is 1120. The van der Waals surface area contributed by atoms with Crippen molar-refractivity contribution >= 4 is 28.2 Å². The maximum Gasteiger partial charge on any atom is 0.274 e. The van der Waals surface area contributed by atoms with Gasteiger partial charge in [0, 0.05) is 17.0 Å². The molecule has 0 unspecified atom stereocenters. The number of carbonyl (C=O) groups is 2. The number of aromatic hydroxyl groups is 1. The molecule has 30 heavy (non-hydrogen) atoms. The van der Waals surface area contributed by atoms with Gasteiger partial charge in [0.2, 0.25) is 0 Å². The number of phenols is 1. The number of aromatic nitrogens is 2. The molecular formula is C22H24N4O3S. The molecule has 3 aromatic rings. The predicted molar refractivity (Wildman–Crippen MR) is 117 cm³/mol. The number of nitrogens with zero attached hydrogens (tertiary/aromatic N) is 1. The van der Waals surface area contributed by atoms with Crippen molar-refractivity contribution in [3.8, 4) is 17.0 Å². The molecule has 1 aliphatic carbocycles. The maximum absolute atomic E-state index is 12.9. The number of H-pyrrole nitrogens is 1. The molecule has 4 N–H and O–H groups in total. The van der Waals surface area contributed by atoms with Crippen LogP contribution in [0, 0.1) is 6.92 Å². The van der Waals surface area contributed by atoms with Gasteiger partial charge in [-0.15, -0.1) is 11.3 Å². The third-order valence-corrected chi connectivity index (χ3v) is 6.51. The molecule has 0 spiro atoms. The minimum atomic E-state index is -0.370. The molecule has 8 heteroatoms. The highest BCUT2D eigenvalue weighted by atomic mass is 32.1. The topological polar surface area (TPSA) is 107 Å². The Morgan fingerprint density at radius 2 is 2.03 bits per heavy atom. The molecule has 0 aliphatic heterocycles. The average Bonchev–Trinajstić information content (AvgIpc) is 3.35. The first kappa shape index (κ1) is 20.2. The van der Waals surface area contributed by atoms with Gasteiger partial charge in [-0.2, -0.15) is 5.10 Å². The number of anilines is 1. The lowest BCUT2D eigenvalue weighted by Crippen LogP contribution is -2.25. The van der Waals surface area contributed by atoms with Gasteiger partial charge in [0.25, 0.3) is 11.8 Å². The number of thiophene rings is 1. The molecule has 4 rings (SSSR count). The summed E-state index contributed by atoms with van der Waals surface area (Å²) in [4.78, 5) is 26.7. The number of hydrogen-bond donors (Lipinski definition) is 4. The Morgan fingerprint density at radius 1 is 1.23 bits per heavy atom. The zero-order valence-electron chi connectivity index (χ0n) is 17.0. The van der Waals surface area contributed by atoms with Crippen LogP contribution in [0.2, 0.25) is 0 Å². The number of aryl methyl sites for hydroxylation is 2. The van der Waals surface area contributed by atoms with Crippen LogP contribution in [0.5, 0.6) is 5.75 Å². The number of carbonyl (C=O) groups excluding carboxylic acids is 2. The van der Waals surface area contributed by atoms with E-state index in [-0.39, 0.29) is 23.3 Å². The lowest BCUT2D eigenvalue weighted by Gasteiger charge is -2.12. The fourth-order valence-electron chi connectivity index (χ4n) is 3.76. The number of hydrogen-bond acceptors (Lipinski definition) is 5. The number of fused-ring (bicyclic) bond motifs is 1. The number of phenolic OH excluding ortho intramolecular Hbond substituents is 1. The van der Waals surface area contributed by atoms with E-state index in [1.165, 1.54) is 16.2 Å². The molecule has 1 aliphatic rings. The summed E-state index contributed by atoms with van der Waals surface area (Å²) < 4.78 is 0. The molecule has 156 valence electrons. The van der Waals surface area contributed by atoms with E-state index in [4.69, 9.17) is 0 Å². The van der Waals surface area contributed by atoms with E-state index in [9.17, 15) is 14.7 Å². The second-order valence-corrected chi connectivity index (χ2v) is 8.47. The van der Waals surface area contributed by atoms with Crippen molar-refractivity contribution < 1.29 is 14.7 Å². The second-order valence-electron chi connectivity index (χ2n) is 7.37. The summed E-state index contributed by atoms with van der Waals surface area (Å²) in [6, 6.07) is 6.98. The average molecular weight is 425 g/mol. The first-order valence-electron chi connectivity index (χ1n) is 10.1. The number of benzene rings is 1. The zero-order chi connectivity index (χ0) is 21.3. The normalized spacial score (nSPS) is 13.0. The predicted octanol–water partition coefficient (Wildman–Crippen LogP) is 4.03. The lowest BCUT2D eigenvalue weighted by molar-refractivity contribution is 0.0956. The monoisotopic (exact) mass is 424 g/mol. The molecule has 0 bridgehead atoms. The third-order valence-electron chi connectivity index (χ3n) is 5.30. The molecular weight excluding hydrogens is 400 g/mol. The fraction of sp³-hybridized carbons (Fsp3) is 0.318. The standard InChI is InChI=1S/C22H24N4O3S/c1-3-23-21(29)18-14-8-4-5-10-17(14)30-22(18)24-20(28)16-11-15(25-26-16)13-9-6-7-12(2)19(13)27/h6-7,9,11,27H,3-5,8,10H2,1-2H3,(H,23,29)(H,24,28)(H,25,26). The van der Waals surface area contributed by atoms with Crippen molar-refractivity contribution in [3.63, 3.8) is 0 Å². The van der Waals surface area contributed by atoms with E-state index in [0.717, 1.165) is 36.8 Å². The molecule has 2 heterocycles. The van der Waals surface area contributed by atoms with Gasteiger partial charge < -0.3 is 15.7 Å². The quantitative estimate of drug-likeness (QED) is 0.496. The van der Waals surface area contributed by atoms with Crippen LogP contribution in [-0.2, 0) is 12.8 Å². The van der Waals surface area contributed by atoms with Crippen LogP contribution >= 0.6 is 11.3 Å². The largest absolute Gasteiger partial charge is 0.507 e. The summed E-state index contributed by atoms with van der Waals surface area (Å²) in [5, 5.41) is 23.5. The molecule has 0 radical (unpaired) electrons. The summed E-state index contributed by atoms with van der Waals surface area (Å²) in [5.41, 5.74) is 3.68. The highest BCUT2D eigenvalue weighted by Crippen LogP contribution is 2.38. The molecule has 1 aromatic carbocycles. The highest BCUT2D eigenvalue weighted by molar-refractivity contribution is 7.17. The van der Waals surface area contributed by atoms with Crippen LogP contribution in [0.25, 0.3) is 11.3 Å². The highest BCUT2D eigenvalue weighted by Gasteiger charge is 2.26. The number of para-hydroxylation sites is 1. The molecule has 0 saturated heterocycles. The Balaban J connectivity index is 1.62. The van der Waals surface area contributed by atoms with Crippen molar-refractivity contribution in [2.45, 2.75) is 39.5 Å². The summed E-state index contributed by atoms with van der Waals surface area (Å²) in [6.07, 6.45) is 3.94. The van der Waals surface area contributed by atoms with Crippen LogP contribution in [0.1, 0.15) is 56.6 Å². The molecule has 0 saturated carbocycles. The van der Waals surface area contributed by atoms with Crippen LogP contribution in [-0.4, -0.2) is 33.7 Å². The van der Waals surface area contributed by atoms with Crippen LogP contribution in [0.15, 0.2) is 24.3 Å². The van der Waals surface area contributed by atoms with E-state index in [2.05, 4.69) is 20.8 Å². The maximum atomic E-state index is 12.9. The number of aromatic amines is 1. The van der Waals surface area contributed by atoms with Crippen LogP contribution < -0.4 is 10.6 Å². The first-order chi connectivity index (χ1) is 14.5. The van der Waals surface area contributed by atoms with Gasteiger partial charge in [-0.1, -0.05) is 12.1 Å². The molecule has 2 aromatic heterocycles. The van der Waals surface area contributed by atoms with Crippen molar-refractivity contribution in [1.29, 1.82) is 0 Å². The number of amides is 2. The van der Waals surface area contributed by atoms with Gasteiger partial charge in [-0.25, -0.2) is 0 Å². The van der Waals surface area contributed by atoms with E-state index < -0.39 is 0 Å². The van der Waals surface area contributed by atoms with Gasteiger partial charge >= 0.3 is 0 Å². The van der Waals surface area contributed by atoms with E-state index in [0.29, 0.717) is 28.4 Å². The van der Waals surface area contributed by atoms with Gasteiger partial charge in [0.1, 0.15) is 16.4 Å². The van der Waals surface area contributed by atoms with E-state index >= 15 is 0 Å². The number of nitrogens with one attached hydrogen (secondary N) is 3. The van der Waals surface area contributed by atoms with Crippen molar-refractivity contribution in [3.05, 3.63) is 51.5 Å².